The first kappa shape index (κ1) is 17.8. The maximum atomic E-state index is 12.1. The van der Waals surface area contributed by atoms with Gasteiger partial charge in [-0.2, -0.15) is 0 Å². The Morgan fingerprint density at radius 1 is 1.38 bits per heavy atom. The molecule has 2 N–H and O–H groups in total. The van der Waals surface area contributed by atoms with Gasteiger partial charge in [-0.3, -0.25) is 4.79 Å². The van der Waals surface area contributed by atoms with Crippen molar-refractivity contribution in [1.82, 2.24) is 0 Å². The second-order valence-electron chi connectivity index (χ2n) is 6.92. The Hall–Kier alpha value is -1.22. The van der Waals surface area contributed by atoms with Crippen molar-refractivity contribution >= 4 is 29.7 Å². The number of amides is 1. The van der Waals surface area contributed by atoms with Crippen molar-refractivity contribution in [3.05, 3.63) is 23.8 Å². The van der Waals surface area contributed by atoms with E-state index in [2.05, 4.69) is 50.5 Å². The molecule has 0 bridgehead atoms. The van der Waals surface area contributed by atoms with Crippen LogP contribution in [0.15, 0.2) is 18.2 Å². The third-order valence-electron chi connectivity index (χ3n) is 4.30. The highest BCUT2D eigenvalue weighted by molar-refractivity contribution is 5.91. The van der Waals surface area contributed by atoms with Crippen LogP contribution in [0.3, 0.4) is 0 Å². The molecule has 1 atom stereocenters. The third kappa shape index (κ3) is 4.92. The summed E-state index contributed by atoms with van der Waals surface area (Å²) in [6.07, 6.45) is 2.81. The molecule has 0 saturated heterocycles. The van der Waals surface area contributed by atoms with Gasteiger partial charge in [-0.25, -0.2) is 0 Å². The summed E-state index contributed by atoms with van der Waals surface area (Å²) in [7, 11) is 0. The molecule has 0 aliphatic carbocycles. The monoisotopic (exact) mass is 310 g/mol. The first-order valence-electron chi connectivity index (χ1n) is 7.53. The number of aryl methyl sites for hydroxylation is 1. The van der Waals surface area contributed by atoms with E-state index >= 15 is 0 Å². The van der Waals surface area contributed by atoms with Gasteiger partial charge in [-0.05, 0) is 47.9 Å². The lowest BCUT2D eigenvalue weighted by molar-refractivity contribution is -0.117. The van der Waals surface area contributed by atoms with E-state index in [0.29, 0.717) is 12.3 Å². The van der Waals surface area contributed by atoms with Crippen molar-refractivity contribution in [3.63, 3.8) is 0 Å². The molecule has 2 rings (SSSR count). The SMILES string of the molecule is CC(CC(=O)Nc1ccc2c(c1)CCCN2)C(C)(C)C.Cl. The van der Waals surface area contributed by atoms with E-state index < -0.39 is 0 Å². The van der Waals surface area contributed by atoms with Crippen LogP contribution >= 0.6 is 12.4 Å². The Bertz CT molecular complexity index is 494. The normalized spacial score (nSPS) is 15.2. The van der Waals surface area contributed by atoms with Crippen LogP contribution in [0.25, 0.3) is 0 Å². The van der Waals surface area contributed by atoms with Crippen molar-refractivity contribution < 1.29 is 4.79 Å². The van der Waals surface area contributed by atoms with Gasteiger partial charge in [0, 0.05) is 24.3 Å². The lowest BCUT2D eigenvalue weighted by Crippen LogP contribution is -2.24. The highest BCUT2D eigenvalue weighted by atomic mass is 35.5. The maximum absolute atomic E-state index is 12.1. The highest BCUT2D eigenvalue weighted by Gasteiger charge is 2.22. The lowest BCUT2D eigenvalue weighted by Gasteiger charge is -2.26. The van der Waals surface area contributed by atoms with Crippen LogP contribution < -0.4 is 10.6 Å². The average Bonchev–Trinajstić information content (AvgIpc) is 2.37. The number of fused-ring (bicyclic) bond motifs is 1. The molecule has 0 spiro atoms. The van der Waals surface area contributed by atoms with E-state index in [1.54, 1.807) is 0 Å². The van der Waals surface area contributed by atoms with E-state index in [-0.39, 0.29) is 23.7 Å². The van der Waals surface area contributed by atoms with Gasteiger partial charge in [-0.15, -0.1) is 12.4 Å². The quantitative estimate of drug-likeness (QED) is 0.864. The Morgan fingerprint density at radius 2 is 2.10 bits per heavy atom. The number of benzene rings is 1. The zero-order valence-corrected chi connectivity index (χ0v) is 14.3. The van der Waals surface area contributed by atoms with Gasteiger partial charge < -0.3 is 10.6 Å². The highest BCUT2D eigenvalue weighted by Crippen LogP contribution is 2.29. The minimum absolute atomic E-state index is 0. The Kier molecular flexibility index (Phi) is 6.09. The third-order valence-corrected chi connectivity index (χ3v) is 4.30. The van der Waals surface area contributed by atoms with Crippen LogP contribution in [0.2, 0.25) is 0 Å². The van der Waals surface area contributed by atoms with Crippen LogP contribution in [-0.4, -0.2) is 12.5 Å². The molecule has 4 heteroatoms. The fourth-order valence-corrected chi connectivity index (χ4v) is 2.35. The molecule has 0 radical (unpaired) electrons. The summed E-state index contributed by atoms with van der Waals surface area (Å²) < 4.78 is 0. The number of carbonyl (C=O) groups excluding carboxylic acids is 1. The topological polar surface area (TPSA) is 41.1 Å². The Morgan fingerprint density at radius 3 is 2.76 bits per heavy atom. The van der Waals surface area contributed by atoms with Gasteiger partial charge in [0.25, 0.3) is 0 Å². The molecule has 3 nitrogen and oxygen atoms in total. The summed E-state index contributed by atoms with van der Waals surface area (Å²) in [5.74, 6) is 0.470. The zero-order chi connectivity index (χ0) is 14.8. The largest absolute Gasteiger partial charge is 0.385 e. The standard InChI is InChI=1S/C17H26N2O.ClH/c1-12(17(2,3)4)10-16(20)19-14-7-8-15-13(11-14)6-5-9-18-15;/h7-8,11-12,18H,5-6,9-10H2,1-4H3,(H,19,20);1H. The number of hydrogen-bond acceptors (Lipinski definition) is 2. The van der Waals surface area contributed by atoms with Crippen molar-refractivity contribution in [1.29, 1.82) is 0 Å². The maximum Gasteiger partial charge on any atom is 0.224 e. The molecular weight excluding hydrogens is 284 g/mol. The molecular formula is C17H27ClN2O. The van der Waals surface area contributed by atoms with Gasteiger partial charge in [0.1, 0.15) is 0 Å². The molecule has 1 aromatic carbocycles. The number of rotatable bonds is 3. The van der Waals surface area contributed by atoms with Crippen LogP contribution in [0.5, 0.6) is 0 Å². The fraction of sp³-hybridized carbons (Fsp3) is 0.588. The summed E-state index contributed by atoms with van der Waals surface area (Å²) in [6.45, 7) is 9.71. The van der Waals surface area contributed by atoms with Crippen LogP contribution in [0.4, 0.5) is 11.4 Å². The Balaban J connectivity index is 0.00000220. The number of hydrogen-bond donors (Lipinski definition) is 2. The van der Waals surface area contributed by atoms with E-state index in [0.717, 1.165) is 25.1 Å². The van der Waals surface area contributed by atoms with E-state index in [4.69, 9.17) is 0 Å². The predicted molar refractivity (Wildman–Crippen MR) is 92.4 cm³/mol. The van der Waals surface area contributed by atoms with E-state index in [1.807, 2.05) is 6.07 Å². The number of carbonyl (C=O) groups is 1. The second kappa shape index (κ2) is 7.17. The number of anilines is 2. The molecule has 1 aromatic rings. The van der Waals surface area contributed by atoms with Crippen LogP contribution in [-0.2, 0) is 11.2 Å². The van der Waals surface area contributed by atoms with Crippen molar-refractivity contribution in [2.45, 2.75) is 47.0 Å². The number of nitrogens with one attached hydrogen (secondary N) is 2. The first-order chi connectivity index (χ1) is 9.36. The van der Waals surface area contributed by atoms with Crippen molar-refractivity contribution in [2.75, 3.05) is 17.2 Å². The molecule has 1 aliphatic rings. The molecule has 1 heterocycles. The zero-order valence-electron chi connectivity index (χ0n) is 13.5. The van der Waals surface area contributed by atoms with Gasteiger partial charge in [0.15, 0.2) is 0 Å². The average molecular weight is 311 g/mol. The fourth-order valence-electron chi connectivity index (χ4n) is 2.35. The van der Waals surface area contributed by atoms with Crippen molar-refractivity contribution in [2.24, 2.45) is 11.3 Å². The summed E-state index contributed by atoms with van der Waals surface area (Å²) in [5.41, 5.74) is 3.59. The molecule has 118 valence electrons. The molecule has 0 saturated carbocycles. The van der Waals surface area contributed by atoms with E-state index in [9.17, 15) is 4.79 Å². The molecule has 1 amide bonds. The van der Waals surface area contributed by atoms with E-state index in [1.165, 1.54) is 11.3 Å². The summed E-state index contributed by atoms with van der Waals surface area (Å²) in [5, 5.41) is 6.41. The van der Waals surface area contributed by atoms with Gasteiger partial charge >= 0.3 is 0 Å². The van der Waals surface area contributed by atoms with Gasteiger partial charge in [-0.1, -0.05) is 27.7 Å². The molecule has 21 heavy (non-hydrogen) atoms. The minimum atomic E-state index is 0. The summed E-state index contributed by atoms with van der Waals surface area (Å²) in [4.78, 5) is 12.1. The summed E-state index contributed by atoms with van der Waals surface area (Å²) in [6, 6.07) is 6.15. The van der Waals surface area contributed by atoms with Gasteiger partial charge in [0.2, 0.25) is 5.91 Å². The van der Waals surface area contributed by atoms with Crippen LogP contribution in [0.1, 0.15) is 46.1 Å². The molecule has 1 aliphatic heterocycles. The molecule has 0 aromatic heterocycles. The molecule has 0 fully saturated rings. The van der Waals surface area contributed by atoms with Crippen LogP contribution in [0, 0.1) is 11.3 Å². The van der Waals surface area contributed by atoms with Crippen molar-refractivity contribution in [3.8, 4) is 0 Å². The minimum Gasteiger partial charge on any atom is -0.385 e. The second-order valence-corrected chi connectivity index (χ2v) is 6.92. The molecule has 1 unspecified atom stereocenters. The first-order valence-corrected chi connectivity index (χ1v) is 7.53. The lowest BCUT2D eigenvalue weighted by atomic mass is 9.80. The number of halogens is 1. The Labute approximate surface area is 134 Å². The summed E-state index contributed by atoms with van der Waals surface area (Å²) >= 11 is 0. The van der Waals surface area contributed by atoms with Gasteiger partial charge in [0.05, 0.1) is 0 Å². The smallest absolute Gasteiger partial charge is 0.224 e. The predicted octanol–water partition coefficient (Wildman–Crippen LogP) is 4.48.